The molecule has 2 fully saturated rings. The number of aromatic nitrogens is 2. The van der Waals surface area contributed by atoms with Crippen LogP contribution in [0, 0.1) is 0 Å². The molecule has 6 aromatic carbocycles. The van der Waals surface area contributed by atoms with E-state index < -0.39 is 48.0 Å². The molecular formula is C72H74N6O18. The van der Waals surface area contributed by atoms with Gasteiger partial charge in [0.2, 0.25) is 11.8 Å². The maximum atomic E-state index is 13.6. The number of piperazine rings is 2. The van der Waals surface area contributed by atoms with Crippen LogP contribution in [-0.4, -0.2) is 209 Å². The predicted octanol–water partition coefficient (Wildman–Crippen LogP) is 7.04. The van der Waals surface area contributed by atoms with Crippen LogP contribution in [0.2, 0.25) is 0 Å². The number of rotatable bonds is 22. The Hall–Kier alpha value is -11.4. The first-order chi connectivity index (χ1) is 46.3. The normalized spacial score (nSPS) is 13.8. The van der Waals surface area contributed by atoms with Crippen molar-refractivity contribution in [2.45, 2.75) is 24.0 Å². The van der Waals surface area contributed by atoms with Gasteiger partial charge < -0.3 is 60.1 Å². The fraction of sp³-hybridized carbons (Fsp3) is 0.222. The number of hydrogen-bond donors (Lipinski definition) is 8. The second-order valence-corrected chi connectivity index (χ2v) is 21.4. The molecule has 24 heteroatoms. The monoisotopic (exact) mass is 1310 g/mol. The highest BCUT2D eigenvalue weighted by molar-refractivity contribution is 5.92. The fourth-order valence-corrected chi connectivity index (χ4v) is 10.1. The lowest BCUT2D eigenvalue weighted by Gasteiger charge is -2.37. The molecule has 2 unspecified atom stereocenters. The van der Waals surface area contributed by atoms with Crippen LogP contribution in [0.4, 0.5) is 0 Å². The number of pyridine rings is 2. The summed E-state index contributed by atoms with van der Waals surface area (Å²) in [5, 5.41) is 70.0. The molecule has 2 aromatic heterocycles. The van der Waals surface area contributed by atoms with Crippen molar-refractivity contribution < 1.29 is 88.7 Å². The Morgan fingerprint density at radius 2 is 0.625 bits per heavy atom. The summed E-state index contributed by atoms with van der Waals surface area (Å²) in [5.41, 5.74) is 5.77. The van der Waals surface area contributed by atoms with Crippen LogP contribution in [0.5, 0.6) is 11.5 Å². The molecule has 8 aromatic rings. The third-order valence-electron chi connectivity index (χ3n) is 14.5. The SMILES string of the molecule is O=C(C(c1ccccc1)c1ccccc1)N1CCN(CC(O)COc2cccc3ncccc23)CC1.O=C(C(c1ccccc1)c1ccccc1)N1CCN(CC(O)COc2cccc3ncccc23)CC1.O=C(O)/C=C/C(=O)O.O=C(O)/C=C/C(=O)O.O=C(O)/C=C/C(=O)O. The predicted molar refractivity (Wildman–Crippen MR) is 355 cm³/mol. The van der Waals surface area contributed by atoms with Crippen LogP contribution < -0.4 is 9.47 Å². The number of carboxylic acids is 6. The first kappa shape index (κ1) is 73.6. The summed E-state index contributed by atoms with van der Waals surface area (Å²) in [6.07, 6.45) is 5.61. The lowest BCUT2D eigenvalue weighted by molar-refractivity contribution is -0.134. The molecule has 2 saturated heterocycles. The molecule has 2 aliphatic rings. The minimum atomic E-state index is -1.26. The Morgan fingerprint density at radius 3 is 0.885 bits per heavy atom. The topological polar surface area (TPSA) is 356 Å². The van der Waals surface area contributed by atoms with Gasteiger partial charge in [0.1, 0.15) is 36.9 Å². The van der Waals surface area contributed by atoms with Gasteiger partial charge in [0.05, 0.1) is 22.9 Å². The largest absolute Gasteiger partial charge is 0.490 e. The van der Waals surface area contributed by atoms with Crippen molar-refractivity contribution in [1.29, 1.82) is 0 Å². The molecule has 10 rings (SSSR count). The van der Waals surface area contributed by atoms with Crippen molar-refractivity contribution in [3.63, 3.8) is 0 Å². The summed E-state index contributed by atoms with van der Waals surface area (Å²) in [7, 11) is 0. The summed E-state index contributed by atoms with van der Waals surface area (Å²) in [6, 6.07) is 59.1. The maximum absolute atomic E-state index is 13.6. The number of hydrogen-bond acceptors (Lipinski definition) is 16. The van der Waals surface area contributed by atoms with E-state index in [9.17, 15) is 48.6 Å². The molecule has 4 heterocycles. The van der Waals surface area contributed by atoms with E-state index >= 15 is 0 Å². The van der Waals surface area contributed by atoms with Gasteiger partial charge in [0.25, 0.3) is 0 Å². The van der Waals surface area contributed by atoms with Crippen molar-refractivity contribution in [2.75, 3.05) is 78.7 Å². The highest BCUT2D eigenvalue weighted by atomic mass is 16.5. The Kier molecular flexibility index (Phi) is 30.0. The van der Waals surface area contributed by atoms with Gasteiger partial charge >= 0.3 is 35.8 Å². The Balaban J connectivity index is 0.000000227. The molecule has 0 radical (unpaired) electrons. The van der Waals surface area contributed by atoms with E-state index in [1.807, 2.05) is 192 Å². The number of benzene rings is 6. The molecule has 24 nitrogen and oxygen atoms in total. The number of aliphatic hydroxyl groups is 2. The van der Waals surface area contributed by atoms with E-state index in [4.69, 9.17) is 40.1 Å². The molecule has 8 N–H and O–H groups in total. The van der Waals surface area contributed by atoms with Crippen molar-refractivity contribution in [1.82, 2.24) is 29.6 Å². The van der Waals surface area contributed by atoms with Gasteiger partial charge in [-0.1, -0.05) is 133 Å². The summed E-state index contributed by atoms with van der Waals surface area (Å²) in [6.45, 7) is 6.85. The second-order valence-electron chi connectivity index (χ2n) is 21.4. The van der Waals surface area contributed by atoms with Crippen LogP contribution >= 0.6 is 0 Å². The highest BCUT2D eigenvalue weighted by Gasteiger charge is 2.32. The van der Waals surface area contributed by atoms with E-state index in [-0.39, 0.29) is 36.9 Å². The Morgan fingerprint density at radius 1 is 0.354 bits per heavy atom. The average molecular weight is 1310 g/mol. The van der Waals surface area contributed by atoms with Crippen molar-refractivity contribution in [3.05, 3.63) is 253 Å². The molecular weight excluding hydrogens is 1240 g/mol. The summed E-state index contributed by atoms with van der Waals surface area (Å²) < 4.78 is 11.9. The van der Waals surface area contributed by atoms with Crippen molar-refractivity contribution in [3.8, 4) is 11.5 Å². The van der Waals surface area contributed by atoms with E-state index in [1.165, 1.54) is 0 Å². The highest BCUT2D eigenvalue weighted by Crippen LogP contribution is 2.30. The standard InChI is InChI=1S/2C30H31N3O3.3C4H4O4/c2*34-25(22-36-28-15-7-14-27-26(28)13-8-16-31-27)21-32-17-19-33(20-18-32)30(35)29(23-9-3-1-4-10-23)24-11-5-2-6-12-24;3*5-3(6)1-2-4(7)8/h2*1-16,25,29,34H,17-22H2;3*1-2H,(H,5,6)(H,7,8)/b;;3*2-1+. The first-order valence-electron chi connectivity index (χ1n) is 30.2. The average Bonchev–Trinajstić information content (AvgIpc) is 0.871. The Bertz CT molecular complexity index is 3480. The van der Waals surface area contributed by atoms with Crippen LogP contribution in [0.1, 0.15) is 34.1 Å². The van der Waals surface area contributed by atoms with Crippen LogP contribution in [0.15, 0.2) is 231 Å². The molecule has 0 aliphatic carbocycles. The fourth-order valence-electron chi connectivity index (χ4n) is 10.1. The molecule has 0 spiro atoms. The van der Waals surface area contributed by atoms with Crippen LogP contribution in [0.25, 0.3) is 21.8 Å². The van der Waals surface area contributed by atoms with Crippen LogP contribution in [-0.2, 0) is 38.4 Å². The quantitative estimate of drug-likeness (QED) is 0.0315. The van der Waals surface area contributed by atoms with E-state index in [0.717, 1.165) is 81.7 Å². The maximum Gasteiger partial charge on any atom is 0.328 e. The zero-order valence-corrected chi connectivity index (χ0v) is 52.1. The van der Waals surface area contributed by atoms with E-state index in [2.05, 4.69) is 19.8 Å². The van der Waals surface area contributed by atoms with Gasteiger partial charge in [-0.05, 0) is 70.8 Å². The number of amides is 2. The number of fused-ring (bicyclic) bond motifs is 2. The van der Waals surface area contributed by atoms with Gasteiger partial charge in [0.15, 0.2) is 0 Å². The zero-order chi connectivity index (χ0) is 69.2. The van der Waals surface area contributed by atoms with Crippen molar-refractivity contribution >= 4 is 69.4 Å². The number of aliphatic carboxylic acids is 6. The lowest BCUT2D eigenvalue weighted by Crippen LogP contribution is -2.52. The number of carboxylic acid groups (broad SMARTS) is 6. The van der Waals surface area contributed by atoms with E-state index in [1.54, 1.807) is 12.4 Å². The number of carbonyl (C=O) groups excluding carboxylic acids is 2. The van der Waals surface area contributed by atoms with Crippen LogP contribution in [0.3, 0.4) is 0 Å². The number of ether oxygens (including phenoxy) is 2. The minimum Gasteiger partial charge on any atom is -0.490 e. The number of nitrogens with zero attached hydrogens (tertiary/aromatic N) is 6. The summed E-state index contributed by atoms with van der Waals surface area (Å²) in [5.74, 6) is -6.47. The van der Waals surface area contributed by atoms with Gasteiger partial charge in [-0.2, -0.15) is 0 Å². The third-order valence-corrected chi connectivity index (χ3v) is 14.5. The second kappa shape index (κ2) is 39.2. The summed E-state index contributed by atoms with van der Waals surface area (Å²) in [4.78, 5) is 102. The number of β-amino-alcohol motifs (C(OH)–C–C–N with tert-alkyl or cyclic N) is 2. The van der Waals surface area contributed by atoms with Gasteiger partial charge in [0, 0.05) is 125 Å². The number of carbonyl (C=O) groups is 8. The van der Waals surface area contributed by atoms with Gasteiger partial charge in [-0.25, -0.2) is 28.8 Å². The molecule has 500 valence electrons. The lowest BCUT2D eigenvalue weighted by atomic mass is 9.90. The number of aliphatic hydroxyl groups excluding tert-OH is 2. The minimum absolute atomic E-state index is 0.125. The molecule has 2 atom stereocenters. The third kappa shape index (κ3) is 25.2. The van der Waals surface area contributed by atoms with E-state index in [0.29, 0.717) is 75.7 Å². The first-order valence-corrected chi connectivity index (χ1v) is 30.2. The Labute approximate surface area is 552 Å². The zero-order valence-electron chi connectivity index (χ0n) is 52.1. The molecule has 0 bridgehead atoms. The van der Waals surface area contributed by atoms with Crippen molar-refractivity contribution in [2.24, 2.45) is 0 Å². The smallest absolute Gasteiger partial charge is 0.328 e. The molecule has 2 amide bonds. The molecule has 2 aliphatic heterocycles. The molecule has 96 heavy (non-hydrogen) atoms. The van der Waals surface area contributed by atoms with Gasteiger partial charge in [-0.3, -0.25) is 29.4 Å². The molecule has 0 saturated carbocycles. The van der Waals surface area contributed by atoms with Gasteiger partial charge in [-0.15, -0.1) is 0 Å². The summed E-state index contributed by atoms with van der Waals surface area (Å²) >= 11 is 0.